The minimum absolute atomic E-state index is 0.177. The summed E-state index contributed by atoms with van der Waals surface area (Å²) < 4.78 is 0. The number of hydrogen-bond donors (Lipinski definition) is 4. The number of amides is 1. The molecule has 144 valence electrons. The number of rotatable bonds is 6. The topological polar surface area (TPSA) is 85.8 Å². The van der Waals surface area contributed by atoms with Crippen LogP contribution in [0.2, 0.25) is 10.0 Å². The molecule has 1 amide bonds. The van der Waals surface area contributed by atoms with Crippen LogP contribution in [0, 0.1) is 0 Å². The van der Waals surface area contributed by atoms with Gasteiger partial charge in [-0.2, -0.15) is 0 Å². The Hall–Kier alpha value is -1.50. The largest absolute Gasteiger partial charge is 0.393 e. The number of nitrogens with zero attached hydrogens (tertiary/aromatic N) is 1. The molecule has 1 aromatic carbocycles. The highest BCUT2D eigenvalue weighted by Gasteiger charge is 2.19. The molecule has 8 heteroatoms. The molecule has 1 saturated carbocycles. The van der Waals surface area contributed by atoms with Crippen molar-refractivity contribution in [1.82, 2.24) is 16.0 Å². The second kappa shape index (κ2) is 10.6. The number of carbonyl (C=O) groups is 1. The molecule has 6 nitrogen and oxygen atoms in total. The Labute approximate surface area is 164 Å². The van der Waals surface area contributed by atoms with Gasteiger partial charge < -0.3 is 21.1 Å². The highest BCUT2D eigenvalue weighted by Crippen LogP contribution is 2.22. The summed E-state index contributed by atoms with van der Waals surface area (Å²) in [5, 5.41) is 19.8. The zero-order chi connectivity index (χ0) is 18.9. The van der Waals surface area contributed by atoms with E-state index in [0.29, 0.717) is 34.7 Å². The molecule has 1 fully saturated rings. The Balaban J connectivity index is 1.79. The Morgan fingerprint density at radius 3 is 2.58 bits per heavy atom. The van der Waals surface area contributed by atoms with Crippen molar-refractivity contribution in [3.63, 3.8) is 0 Å². The number of aliphatic hydroxyl groups is 1. The molecule has 1 aliphatic carbocycles. The summed E-state index contributed by atoms with van der Waals surface area (Å²) in [6.07, 6.45) is 3.32. The summed E-state index contributed by atoms with van der Waals surface area (Å²) in [5.74, 6) is 0.524. The Kier molecular flexibility index (Phi) is 8.48. The molecule has 0 saturated heterocycles. The van der Waals surface area contributed by atoms with Crippen molar-refractivity contribution in [1.29, 1.82) is 0 Å². The van der Waals surface area contributed by atoms with Gasteiger partial charge in [-0.25, -0.2) is 0 Å². The molecular weight excluding hydrogens is 375 g/mol. The molecule has 26 heavy (non-hydrogen) atoms. The summed E-state index contributed by atoms with van der Waals surface area (Å²) in [6, 6.07) is 5.11. The van der Waals surface area contributed by atoms with Crippen molar-refractivity contribution in [3.05, 3.63) is 33.8 Å². The maximum atomic E-state index is 12.1. The summed E-state index contributed by atoms with van der Waals surface area (Å²) in [7, 11) is 0. The van der Waals surface area contributed by atoms with Crippen LogP contribution in [0.3, 0.4) is 0 Å². The molecule has 4 N–H and O–H groups in total. The molecule has 1 aliphatic rings. The third kappa shape index (κ3) is 6.67. The monoisotopic (exact) mass is 400 g/mol. The molecule has 1 aromatic rings. The highest BCUT2D eigenvalue weighted by atomic mass is 35.5. The number of benzene rings is 1. The number of carbonyl (C=O) groups excluding carboxylic acids is 1. The average molecular weight is 401 g/mol. The standard InChI is InChI=1S/C18H26Cl2N4O2/c1-2-21-18(24-13-4-6-14(25)7-5-13)23-10-9-22-17(26)12-3-8-15(19)16(20)11-12/h3,8,11,13-14,25H,2,4-7,9-10H2,1H3,(H,22,26)(H2,21,23,24). The van der Waals surface area contributed by atoms with Gasteiger partial charge in [-0.05, 0) is 50.8 Å². The van der Waals surface area contributed by atoms with Gasteiger partial charge in [0.05, 0.1) is 22.7 Å². The lowest BCUT2D eigenvalue weighted by molar-refractivity contribution is 0.0955. The molecular formula is C18H26Cl2N4O2. The smallest absolute Gasteiger partial charge is 0.251 e. The molecule has 0 aliphatic heterocycles. The molecule has 0 heterocycles. The predicted molar refractivity (Wildman–Crippen MR) is 106 cm³/mol. The van der Waals surface area contributed by atoms with E-state index in [1.807, 2.05) is 6.92 Å². The SMILES string of the molecule is CCNC(=NCCNC(=O)c1ccc(Cl)c(Cl)c1)NC1CCC(O)CC1. The van der Waals surface area contributed by atoms with Crippen LogP contribution in [-0.2, 0) is 0 Å². The lowest BCUT2D eigenvalue weighted by Crippen LogP contribution is -2.45. The van der Waals surface area contributed by atoms with Gasteiger partial charge in [0.1, 0.15) is 0 Å². The fourth-order valence-corrected chi connectivity index (χ4v) is 3.11. The summed E-state index contributed by atoms with van der Waals surface area (Å²) >= 11 is 11.8. The molecule has 0 spiro atoms. The quantitative estimate of drug-likeness (QED) is 0.335. The van der Waals surface area contributed by atoms with Crippen LogP contribution in [0.5, 0.6) is 0 Å². The third-order valence-electron chi connectivity index (χ3n) is 4.23. The zero-order valence-corrected chi connectivity index (χ0v) is 16.4. The average Bonchev–Trinajstić information content (AvgIpc) is 2.62. The minimum Gasteiger partial charge on any atom is -0.393 e. The van der Waals surface area contributed by atoms with E-state index in [1.54, 1.807) is 18.2 Å². The van der Waals surface area contributed by atoms with Gasteiger partial charge >= 0.3 is 0 Å². The molecule has 0 radical (unpaired) electrons. The third-order valence-corrected chi connectivity index (χ3v) is 4.97. The van der Waals surface area contributed by atoms with E-state index in [9.17, 15) is 9.90 Å². The van der Waals surface area contributed by atoms with E-state index in [4.69, 9.17) is 23.2 Å². The number of nitrogens with one attached hydrogen (secondary N) is 3. The maximum Gasteiger partial charge on any atom is 0.251 e. The second-order valence-corrected chi connectivity index (χ2v) is 7.11. The van der Waals surface area contributed by atoms with E-state index >= 15 is 0 Å². The number of aliphatic imine (C=N–C) groups is 1. The van der Waals surface area contributed by atoms with E-state index in [2.05, 4.69) is 20.9 Å². The maximum absolute atomic E-state index is 12.1. The van der Waals surface area contributed by atoms with Gasteiger partial charge in [-0.3, -0.25) is 9.79 Å². The van der Waals surface area contributed by atoms with Crippen LogP contribution in [-0.4, -0.2) is 48.8 Å². The van der Waals surface area contributed by atoms with Crippen LogP contribution in [0.4, 0.5) is 0 Å². The van der Waals surface area contributed by atoms with Crippen LogP contribution in [0.1, 0.15) is 43.0 Å². The van der Waals surface area contributed by atoms with Crippen LogP contribution >= 0.6 is 23.2 Å². The first-order chi connectivity index (χ1) is 12.5. The van der Waals surface area contributed by atoms with Crippen LogP contribution in [0.25, 0.3) is 0 Å². The van der Waals surface area contributed by atoms with E-state index in [0.717, 1.165) is 38.2 Å². The lowest BCUT2D eigenvalue weighted by Gasteiger charge is -2.27. The van der Waals surface area contributed by atoms with Crippen LogP contribution < -0.4 is 16.0 Å². The molecule has 0 bridgehead atoms. The first-order valence-electron chi connectivity index (χ1n) is 8.95. The van der Waals surface area contributed by atoms with E-state index in [1.165, 1.54) is 0 Å². The Bertz CT molecular complexity index is 632. The van der Waals surface area contributed by atoms with E-state index in [-0.39, 0.29) is 12.0 Å². The molecule has 0 unspecified atom stereocenters. The normalized spacial score (nSPS) is 20.5. The van der Waals surface area contributed by atoms with Crippen LogP contribution in [0.15, 0.2) is 23.2 Å². The number of hydrogen-bond acceptors (Lipinski definition) is 3. The van der Waals surface area contributed by atoms with Gasteiger partial charge in [0, 0.05) is 24.7 Å². The van der Waals surface area contributed by atoms with Gasteiger partial charge in [-0.1, -0.05) is 23.2 Å². The number of aliphatic hydroxyl groups excluding tert-OH is 1. The number of halogens is 2. The fraction of sp³-hybridized carbons (Fsp3) is 0.556. The van der Waals surface area contributed by atoms with Gasteiger partial charge in [0.2, 0.25) is 0 Å². The van der Waals surface area contributed by atoms with Crippen molar-refractivity contribution < 1.29 is 9.90 Å². The lowest BCUT2D eigenvalue weighted by atomic mass is 9.93. The van der Waals surface area contributed by atoms with Crippen molar-refractivity contribution in [3.8, 4) is 0 Å². The minimum atomic E-state index is -0.210. The van der Waals surface area contributed by atoms with Gasteiger partial charge in [0.15, 0.2) is 5.96 Å². The highest BCUT2D eigenvalue weighted by molar-refractivity contribution is 6.42. The van der Waals surface area contributed by atoms with Crippen molar-refractivity contribution in [2.24, 2.45) is 4.99 Å². The summed E-state index contributed by atoms with van der Waals surface area (Å²) in [6.45, 7) is 3.64. The van der Waals surface area contributed by atoms with Crippen molar-refractivity contribution in [2.75, 3.05) is 19.6 Å². The van der Waals surface area contributed by atoms with E-state index < -0.39 is 0 Å². The predicted octanol–water partition coefficient (Wildman–Crippen LogP) is 2.58. The first kappa shape index (κ1) is 20.8. The molecule has 2 rings (SSSR count). The summed E-state index contributed by atoms with van der Waals surface area (Å²) in [5.41, 5.74) is 0.467. The molecule has 0 atom stereocenters. The first-order valence-corrected chi connectivity index (χ1v) is 9.71. The van der Waals surface area contributed by atoms with Crippen molar-refractivity contribution >= 4 is 35.1 Å². The van der Waals surface area contributed by atoms with Gasteiger partial charge in [0.25, 0.3) is 5.91 Å². The number of guanidine groups is 1. The van der Waals surface area contributed by atoms with Gasteiger partial charge in [-0.15, -0.1) is 0 Å². The molecule has 0 aromatic heterocycles. The Morgan fingerprint density at radius 2 is 1.92 bits per heavy atom. The second-order valence-electron chi connectivity index (χ2n) is 6.30. The zero-order valence-electron chi connectivity index (χ0n) is 14.9. The fourth-order valence-electron chi connectivity index (χ4n) is 2.81. The summed E-state index contributed by atoms with van der Waals surface area (Å²) in [4.78, 5) is 16.6. The Morgan fingerprint density at radius 1 is 1.19 bits per heavy atom. The van der Waals surface area contributed by atoms with Crippen molar-refractivity contribution in [2.45, 2.75) is 44.8 Å².